The number of hydrogen-bond acceptors (Lipinski definition) is 6. The number of carbonyl (C=O) groups is 1. The Morgan fingerprint density at radius 2 is 1.81 bits per heavy atom. The number of nitrogens with one attached hydrogen (secondary N) is 1. The predicted molar refractivity (Wildman–Crippen MR) is 122 cm³/mol. The first-order valence-corrected chi connectivity index (χ1v) is 10.2. The number of benzene rings is 2. The van der Waals surface area contributed by atoms with Crippen molar-refractivity contribution in [2.45, 2.75) is 33.7 Å². The summed E-state index contributed by atoms with van der Waals surface area (Å²) in [6, 6.07) is 12.2. The minimum atomic E-state index is -0.882. The van der Waals surface area contributed by atoms with Gasteiger partial charge in [-0.05, 0) is 51.0 Å². The zero-order valence-corrected chi connectivity index (χ0v) is 18.6. The molecule has 1 amide bonds. The van der Waals surface area contributed by atoms with Crippen LogP contribution in [0.15, 0.2) is 51.8 Å². The lowest BCUT2D eigenvalue weighted by Gasteiger charge is -2.17. The van der Waals surface area contributed by atoms with Gasteiger partial charge in [0.25, 0.3) is 5.56 Å². The summed E-state index contributed by atoms with van der Waals surface area (Å²) in [6.07, 6.45) is 0. The third-order valence-corrected chi connectivity index (χ3v) is 5.54. The van der Waals surface area contributed by atoms with E-state index in [0.29, 0.717) is 22.6 Å². The number of para-hydroxylation sites is 1. The summed E-state index contributed by atoms with van der Waals surface area (Å²) in [6.45, 7) is 7.19. The standard InChI is InChI=1S/C24H24N4O4/c1-13-8-6-9-14(2)20(13)25-23(29)15(3)28-24(30)22-19(16(4)32-27-22)21(26-28)17-10-7-11-18(12-17)31-5/h6-12,15H,1-5H3,(H,25,29)/t15-/m1/s1. The Morgan fingerprint density at radius 3 is 2.50 bits per heavy atom. The summed E-state index contributed by atoms with van der Waals surface area (Å²) in [5, 5.41) is 12.0. The van der Waals surface area contributed by atoms with E-state index < -0.39 is 11.6 Å². The lowest BCUT2D eigenvalue weighted by atomic mass is 10.1. The summed E-state index contributed by atoms with van der Waals surface area (Å²) >= 11 is 0. The van der Waals surface area contributed by atoms with Gasteiger partial charge in [0.15, 0.2) is 5.52 Å². The fourth-order valence-electron chi connectivity index (χ4n) is 3.69. The number of amides is 1. The van der Waals surface area contributed by atoms with Crippen LogP contribution in [0, 0.1) is 20.8 Å². The van der Waals surface area contributed by atoms with Gasteiger partial charge in [-0.1, -0.05) is 35.5 Å². The molecule has 0 spiro atoms. The molecule has 2 aromatic carbocycles. The average Bonchev–Trinajstić information content (AvgIpc) is 3.18. The molecule has 8 heteroatoms. The molecule has 0 aliphatic heterocycles. The van der Waals surface area contributed by atoms with E-state index in [1.54, 1.807) is 21.0 Å². The first-order valence-electron chi connectivity index (χ1n) is 10.2. The number of aromatic nitrogens is 3. The molecule has 1 N–H and O–H groups in total. The van der Waals surface area contributed by atoms with Crippen molar-refractivity contribution in [3.05, 3.63) is 69.7 Å². The van der Waals surface area contributed by atoms with Gasteiger partial charge in [-0.15, -0.1) is 0 Å². The van der Waals surface area contributed by atoms with Crippen molar-refractivity contribution in [3.63, 3.8) is 0 Å². The van der Waals surface area contributed by atoms with Crippen LogP contribution in [0.2, 0.25) is 0 Å². The van der Waals surface area contributed by atoms with E-state index in [0.717, 1.165) is 27.1 Å². The number of ether oxygens (including phenoxy) is 1. The number of fused-ring (bicyclic) bond motifs is 1. The summed E-state index contributed by atoms with van der Waals surface area (Å²) in [5.41, 5.74) is 3.44. The smallest absolute Gasteiger partial charge is 0.297 e. The Balaban J connectivity index is 1.83. The molecule has 2 heterocycles. The molecule has 0 bridgehead atoms. The minimum Gasteiger partial charge on any atom is -0.497 e. The molecule has 32 heavy (non-hydrogen) atoms. The Labute approximate surface area is 184 Å². The molecule has 0 unspecified atom stereocenters. The van der Waals surface area contributed by atoms with Crippen molar-refractivity contribution in [3.8, 4) is 17.0 Å². The van der Waals surface area contributed by atoms with E-state index in [4.69, 9.17) is 9.26 Å². The van der Waals surface area contributed by atoms with Gasteiger partial charge >= 0.3 is 0 Å². The Hall–Kier alpha value is -3.94. The van der Waals surface area contributed by atoms with Crippen LogP contribution in [-0.4, -0.2) is 28.0 Å². The van der Waals surface area contributed by atoms with Crippen LogP contribution in [0.5, 0.6) is 5.75 Å². The number of carbonyl (C=O) groups excluding carboxylic acids is 1. The molecule has 0 aliphatic rings. The number of hydrogen-bond donors (Lipinski definition) is 1. The van der Waals surface area contributed by atoms with Crippen molar-refractivity contribution in [1.82, 2.24) is 14.9 Å². The highest BCUT2D eigenvalue weighted by molar-refractivity contribution is 5.96. The Morgan fingerprint density at radius 1 is 1.12 bits per heavy atom. The Bertz CT molecular complexity index is 1370. The van der Waals surface area contributed by atoms with Crippen LogP contribution in [-0.2, 0) is 4.79 Å². The van der Waals surface area contributed by atoms with Crippen LogP contribution in [0.1, 0.15) is 29.9 Å². The van der Waals surface area contributed by atoms with Crippen molar-refractivity contribution in [2.24, 2.45) is 0 Å². The SMILES string of the molecule is COc1cccc(-c2nn([C@H](C)C(=O)Nc3c(C)cccc3C)c(=O)c3noc(C)c23)c1. The molecular formula is C24H24N4O4. The highest BCUT2D eigenvalue weighted by atomic mass is 16.5. The van der Waals surface area contributed by atoms with Crippen molar-refractivity contribution in [1.29, 1.82) is 0 Å². The molecule has 1 atom stereocenters. The van der Waals surface area contributed by atoms with Gasteiger partial charge in [-0.3, -0.25) is 9.59 Å². The second-order valence-electron chi connectivity index (χ2n) is 7.72. The maximum atomic E-state index is 13.2. The van der Waals surface area contributed by atoms with Gasteiger partial charge in [0.1, 0.15) is 23.2 Å². The van der Waals surface area contributed by atoms with E-state index in [2.05, 4.69) is 15.6 Å². The molecule has 2 aromatic heterocycles. The number of rotatable bonds is 5. The van der Waals surface area contributed by atoms with Crippen molar-refractivity contribution < 1.29 is 14.1 Å². The molecule has 8 nitrogen and oxygen atoms in total. The fraction of sp³-hybridized carbons (Fsp3) is 0.250. The number of nitrogens with zero attached hydrogens (tertiary/aromatic N) is 3. The molecule has 164 valence electrons. The van der Waals surface area contributed by atoms with Crippen LogP contribution >= 0.6 is 0 Å². The first kappa shape index (κ1) is 21.3. The lowest BCUT2D eigenvalue weighted by Crippen LogP contribution is -2.34. The normalized spacial score (nSPS) is 12.0. The van der Waals surface area contributed by atoms with E-state index in [-0.39, 0.29) is 11.4 Å². The van der Waals surface area contributed by atoms with Crippen LogP contribution < -0.4 is 15.6 Å². The first-order chi connectivity index (χ1) is 15.3. The monoisotopic (exact) mass is 432 g/mol. The van der Waals surface area contributed by atoms with Gasteiger partial charge in [0.2, 0.25) is 5.91 Å². The molecule has 0 radical (unpaired) electrons. The van der Waals surface area contributed by atoms with Gasteiger partial charge < -0.3 is 14.6 Å². The number of aryl methyl sites for hydroxylation is 3. The zero-order valence-electron chi connectivity index (χ0n) is 18.6. The topological polar surface area (TPSA) is 99.2 Å². The van der Waals surface area contributed by atoms with Crippen LogP contribution in [0.3, 0.4) is 0 Å². The van der Waals surface area contributed by atoms with E-state index >= 15 is 0 Å². The third-order valence-electron chi connectivity index (χ3n) is 5.54. The average molecular weight is 432 g/mol. The number of methoxy groups -OCH3 is 1. The van der Waals surface area contributed by atoms with E-state index in [1.165, 1.54) is 0 Å². The predicted octanol–water partition coefficient (Wildman–Crippen LogP) is 4.19. The van der Waals surface area contributed by atoms with Crippen LogP contribution in [0.25, 0.3) is 22.2 Å². The minimum absolute atomic E-state index is 0.127. The second-order valence-corrected chi connectivity index (χ2v) is 7.72. The molecule has 0 saturated heterocycles. The van der Waals surface area contributed by atoms with Gasteiger partial charge in [-0.25, -0.2) is 4.68 Å². The maximum absolute atomic E-state index is 13.2. The molecule has 4 rings (SSSR count). The fourth-order valence-corrected chi connectivity index (χ4v) is 3.69. The molecular weight excluding hydrogens is 408 g/mol. The zero-order chi connectivity index (χ0) is 23.0. The summed E-state index contributed by atoms with van der Waals surface area (Å²) < 4.78 is 11.8. The molecule has 4 aromatic rings. The van der Waals surface area contributed by atoms with Gasteiger partial charge in [0, 0.05) is 11.3 Å². The van der Waals surface area contributed by atoms with Crippen molar-refractivity contribution >= 4 is 22.5 Å². The second kappa shape index (κ2) is 8.30. The quantitative estimate of drug-likeness (QED) is 0.508. The van der Waals surface area contributed by atoms with Gasteiger partial charge in [0.05, 0.1) is 12.5 Å². The summed E-state index contributed by atoms with van der Waals surface area (Å²) in [7, 11) is 1.58. The van der Waals surface area contributed by atoms with Gasteiger partial charge in [-0.2, -0.15) is 5.10 Å². The highest BCUT2D eigenvalue weighted by Crippen LogP contribution is 2.30. The van der Waals surface area contributed by atoms with Crippen molar-refractivity contribution in [2.75, 3.05) is 12.4 Å². The van der Waals surface area contributed by atoms with E-state index in [1.807, 2.05) is 56.3 Å². The molecule has 0 saturated carbocycles. The summed E-state index contributed by atoms with van der Waals surface area (Å²) in [5.74, 6) is 0.764. The maximum Gasteiger partial charge on any atom is 0.297 e. The third kappa shape index (κ3) is 3.64. The largest absolute Gasteiger partial charge is 0.497 e. The van der Waals surface area contributed by atoms with E-state index in [9.17, 15) is 9.59 Å². The molecule has 0 fully saturated rings. The lowest BCUT2D eigenvalue weighted by molar-refractivity contribution is -0.119. The molecule has 0 aliphatic carbocycles. The van der Waals surface area contributed by atoms with Crippen LogP contribution in [0.4, 0.5) is 5.69 Å². The summed E-state index contributed by atoms with van der Waals surface area (Å²) in [4.78, 5) is 26.2. The number of anilines is 1. The Kier molecular flexibility index (Phi) is 5.52. The highest BCUT2D eigenvalue weighted by Gasteiger charge is 2.25.